The van der Waals surface area contributed by atoms with Crippen LogP contribution in [0.3, 0.4) is 0 Å². The van der Waals surface area contributed by atoms with E-state index in [1.54, 1.807) is 7.11 Å². The van der Waals surface area contributed by atoms with Gasteiger partial charge in [-0.3, -0.25) is 4.79 Å². The largest absolute Gasteiger partial charge is 0.497 e. The van der Waals surface area contributed by atoms with Crippen LogP contribution in [0.5, 0.6) is 5.75 Å². The first-order chi connectivity index (χ1) is 9.70. The highest BCUT2D eigenvalue weighted by molar-refractivity contribution is 5.81. The molecule has 0 radical (unpaired) electrons. The number of nitrogens with zero attached hydrogens (tertiary/aromatic N) is 1. The standard InChI is InChI=1S/C17H15NO2/c1-12-11-18(13-7-9-14(20-2)10-8-13)16-6-4-3-5-15(16)17(12)19/h3-11H,1-2H3. The number of hydrogen-bond acceptors (Lipinski definition) is 2. The summed E-state index contributed by atoms with van der Waals surface area (Å²) in [5.74, 6) is 0.816. The van der Waals surface area contributed by atoms with Crippen LogP contribution in [0.2, 0.25) is 0 Å². The average Bonchev–Trinajstić information content (AvgIpc) is 2.51. The third kappa shape index (κ3) is 1.97. The van der Waals surface area contributed by atoms with E-state index in [1.165, 1.54) is 0 Å². The summed E-state index contributed by atoms with van der Waals surface area (Å²) in [5.41, 5.74) is 2.74. The molecule has 0 aliphatic carbocycles. The Morgan fingerprint density at radius 3 is 2.40 bits per heavy atom. The van der Waals surface area contributed by atoms with Crippen LogP contribution in [0.1, 0.15) is 5.56 Å². The molecule has 3 nitrogen and oxygen atoms in total. The maximum atomic E-state index is 12.2. The number of hydrogen-bond donors (Lipinski definition) is 0. The molecule has 3 heteroatoms. The second-order valence-electron chi connectivity index (χ2n) is 4.73. The fourth-order valence-corrected chi connectivity index (χ4v) is 2.37. The van der Waals surface area contributed by atoms with E-state index in [4.69, 9.17) is 4.74 Å². The van der Waals surface area contributed by atoms with E-state index in [2.05, 4.69) is 0 Å². The fourth-order valence-electron chi connectivity index (χ4n) is 2.37. The number of methoxy groups -OCH3 is 1. The minimum Gasteiger partial charge on any atom is -0.497 e. The van der Waals surface area contributed by atoms with E-state index >= 15 is 0 Å². The highest BCUT2D eigenvalue weighted by Gasteiger charge is 2.07. The second-order valence-corrected chi connectivity index (χ2v) is 4.73. The minimum absolute atomic E-state index is 0.0883. The van der Waals surface area contributed by atoms with Gasteiger partial charge in [-0.1, -0.05) is 12.1 Å². The number of pyridine rings is 1. The Kier molecular flexibility index (Phi) is 3.03. The minimum atomic E-state index is 0.0883. The van der Waals surface area contributed by atoms with Crippen molar-refractivity contribution in [1.29, 1.82) is 0 Å². The molecule has 100 valence electrons. The highest BCUT2D eigenvalue weighted by Crippen LogP contribution is 2.19. The molecule has 0 atom stereocenters. The van der Waals surface area contributed by atoms with Crippen molar-refractivity contribution >= 4 is 10.9 Å². The number of benzene rings is 2. The molecule has 0 bridgehead atoms. The van der Waals surface area contributed by atoms with E-state index in [0.717, 1.165) is 27.9 Å². The zero-order chi connectivity index (χ0) is 14.1. The fraction of sp³-hybridized carbons (Fsp3) is 0.118. The Labute approximate surface area is 117 Å². The van der Waals surface area contributed by atoms with Crippen molar-refractivity contribution in [3.05, 3.63) is 70.5 Å². The van der Waals surface area contributed by atoms with E-state index in [1.807, 2.05) is 66.2 Å². The van der Waals surface area contributed by atoms with E-state index < -0.39 is 0 Å². The third-order valence-corrected chi connectivity index (χ3v) is 3.44. The zero-order valence-corrected chi connectivity index (χ0v) is 11.5. The summed E-state index contributed by atoms with van der Waals surface area (Å²) in [4.78, 5) is 12.2. The number of ether oxygens (including phenoxy) is 1. The number of aryl methyl sites for hydroxylation is 1. The Balaban J connectivity index is 2.30. The summed E-state index contributed by atoms with van der Waals surface area (Å²) < 4.78 is 7.21. The summed E-state index contributed by atoms with van der Waals surface area (Å²) in [7, 11) is 1.65. The van der Waals surface area contributed by atoms with Crippen molar-refractivity contribution in [3.63, 3.8) is 0 Å². The molecule has 20 heavy (non-hydrogen) atoms. The second kappa shape index (κ2) is 4.85. The molecule has 0 saturated carbocycles. The van der Waals surface area contributed by atoms with Gasteiger partial charge in [0.05, 0.1) is 12.6 Å². The smallest absolute Gasteiger partial charge is 0.192 e. The van der Waals surface area contributed by atoms with Crippen molar-refractivity contribution < 1.29 is 4.74 Å². The molecule has 1 heterocycles. The third-order valence-electron chi connectivity index (χ3n) is 3.44. The van der Waals surface area contributed by atoms with Gasteiger partial charge in [-0.15, -0.1) is 0 Å². The Bertz CT molecular complexity index is 817. The first-order valence-corrected chi connectivity index (χ1v) is 6.46. The molecule has 2 aromatic carbocycles. The van der Waals surface area contributed by atoms with Gasteiger partial charge in [-0.2, -0.15) is 0 Å². The number of aromatic nitrogens is 1. The molecule has 0 unspecified atom stereocenters. The topological polar surface area (TPSA) is 31.2 Å². The van der Waals surface area contributed by atoms with Gasteiger partial charge in [0.25, 0.3) is 0 Å². The molecule has 1 aromatic heterocycles. The summed E-state index contributed by atoms with van der Waals surface area (Å²) in [6, 6.07) is 15.4. The van der Waals surface area contributed by atoms with Gasteiger partial charge in [0.15, 0.2) is 5.43 Å². The zero-order valence-electron chi connectivity index (χ0n) is 11.5. The van der Waals surface area contributed by atoms with Gasteiger partial charge in [-0.05, 0) is 43.3 Å². The molecule has 0 N–H and O–H groups in total. The van der Waals surface area contributed by atoms with Crippen molar-refractivity contribution in [1.82, 2.24) is 4.57 Å². The van der Waals surface area contributed by atoms with E-state index in [-0.39, 0.29) is 5.43 Å². The number of para-hydroxylation sites is 1. The Morgan fingerprint density at radius 2 is 1.70 bits per heavy atom. The van der Waals surface area contributed by atoms with Gasteiger partial charge >= 0.3 is 0 Å². The van der Waals surface area contributed by atoms with Crippen molar-refractivity contribution in [2.75, 3.05) is 7.11 Å². The van der Waals surface area contributed by atoms with Gasteiger partial charge in [0.1, 0.15) is 5.75 Å². The molecule has 3 aromatic rings. The lowest BCUT2D eigenvalue weighted by Crippen LogP contribution is -2.11. The lowest BCUT2D eigenvalue weighted by Gasteiger charge is -2.12. The number of fused-ring (bicyclic) bond motifs is 1. The summed E-state index contributed by atoms with van der Waals surface area (Å²) >= 11 is 0. The van der Waals surface area contributed by atoms with Crippen LogP contribution >= 0.6 is 0 Å². The predicted molar refractivity (Wildman–Crippen MR) is 80.8 cm³/mol. The van der Waals surface area contributed by atoms with Crippen LogP contribution in [0.15, 0.2) is 59.5 Å². The lowest BCUT2D eigenvalue weighted by atomic mass is 10.1. The maximum absolute atomic E-state index is 12.2. The van der Waals surface area contributed by atoms with E-state index in [0.29, 0.717) is 0 Å². The van der Waals surface area contributed by atoms with Gasteiger partial charge in [0, 0.05) is 22.8 Å². The van der Waals surface area contributed by atoms with Crippen LogP contribution in [0.4, 0.5) is 0 Å². The molecule has 0 fully saturated rings. The van der Waals surface area contributed by atoms with Crippen LogP contribution in [0.25, 0.3) is 16.6 Å². The summed E-state index contributed by atoms with van der Waals surface area (Å²) in [6.45, 7) is 1.84. The monoisotopic (exact) mass is 265 g/mol. The maximum Gasteiger partial charge on any atom is 0.192 e. The molecular formula is C17H15NO2. The molecule has 3 rings (SSSR count). The van der Waals surface area contributed by atoms with Crippen LogP contribution in [-0.4, -0.2) is 11.7 Å². The van der Waals surface area contributed by atoms with Crippen molar-refractivity contribution in [2.24, 2.45) is 0 Å². The predicted octanol–water partition coefficient (Wildman–Crippen LogP) is 3.31. The van der Waals surface area contributed by atoms with Crippen molar-refractivity contribution in [3.8, 4) is 11.4 Å². The van der Waals surface area contributed by atoms with Gasteiger partial charge in [-0.25, -0.2) is 0 Å². The molecule has 0 saturated heterocycles. The lowest BCUT2D eigenvalue weighted by molar-refractivity contribution is 0.415. The van der Waals surface area contributed by atoms with Gasteiger partial charge < -0.3 is 9.30 Å². The summed E-state index contributed by atoms with van der Waals surface area (Å²) in [6.07, 6.45) is 1.88. The first-order valence-electron chi connectivity index (χ1n) is 6.46. The van der Waals surface area contributed by atoms with Crippen LogP contribution in [-0.2, 0) is 0 Å². The Morgan fingerprint density at radius 1 is 1.00 bits per heavy atom. The van der Waals surface area contributed by atoms with Crippen molar-refractivity contribution in [2.45, 2.75) is 6.92 Å². The summed E-state index contributed by atoms with van der Waals surface area (Å²) in [5, 5.41) is 0.739. The first kappa shape index (κ1) is 12.5. The Hall–Kier alpha value is -2.55. The van der Waals surface area contributed by atoms with Crippen LogP contribution in [0, 0.1) is 6.92 Å². The molecule has 0 aliphatic heterocycles. The van der Waals surface area contributed by atoms with E-state index in [9.17, 15) is 4.79 Å². The molecule has 0 spiro atoms. The highest BCUT2D eigenvalue weighted by atomic mass is 16.5. The van der Waals surface area contributed by atoms with Gasteiger partial charge in [0.2, 0.25) is 0 Å². The normalized spacial score (nSPS) is 10.7. The molecular weight excluding hydrogens is 250 g/mol. The SMILES string of the molecule is COc1ccc(-n2cc(C)c(=O)c3ccccc32)cc1. The average molecular weight is 265 g/mol. The number of rotatable bonds is 2. The van der Waals surface area contributed by atoms with Crippen LogP contribution < -0.4 is 10.2 Å². The quantitative estimate of drug-likeness (QED) is 0.712. The molecule has 0 aliphatic rings. The molecule has 0 amide bonds.